The summed E-state index contributed by atoms with van der Waals surface area (Å²) in [4.78, 5) is 31.9. The molecule has 0 saturated carbocycles. The number of hydrogen-bond acceptors (Lipinski definition) is 9. The molecular weight excluding hydrogens is 496 g/mol. The highest BCUT2D eigenvalue weighted by Gasteiger charge is 2.33. The molecule has 0 bridgehead atoms. The molecule has 1 aliphatic heterocycles. The monoisotopic (exact) mass is 524 g/mol. The minimum Gasteiger partial charge on any atom is -0.493 e. The molecular formula is C27H28N2O7S. The fourth-order valence-corrected chi connectivity index (χ4v) is 5.27. The molecule has 10 heteroatoms. The molecule has 0 spiro atoms. The van der Waals surface area contributed by atoms with Gasteiger partial charge in [0.15, 0.2) is 27.8 Å². The van der Waals surface area contributed by atoms with Crippen LogP contribution in [0.4, 0.5) is 0 Å². The lowest BCUT2D eigenvalue weighted by Crippen LogP contribution is -2.39. The summed E-state index contributed by atoms with van der Waals surface area (Å²) in [5.74, 6) is 1.62. The zero-order valence-electron chi connectivity index (χ0n) is 21.5. The third-order valence-corrected chi connectivity index (χ3v) is 6.93. The summed E-state index contributed by atoms with van der Waals surface area (Å²) in [6.07, 6.45) is 1.76. The van der Waals surface area contributed by atoms with Crippen LogP contribution in [-0.2, 0) is 9.53 Å². The fourth-order valence-electron chi connectivity index (χ4n) is 4.22. The van der Waals surface area contributed by atoms with Crippen molar-refractivity contribution in [1.82, 2.24) is 4.57 Å². The number of carbonyl (C=O) groups excluding carboxylic acids is 1. The highest BCUT2D eigenvalue weighted by Crippen LogP contribution is 2.36. The number of allylic oxidation sites excluding steroid dienone is 1. The van der Waals surface area contributed by atoms with Gasteiger partial charge in [-0.15, -0.1) is 0 Å². The number of ether oxygens (including phenoxy) is 5. The normalized spacial score (nSPS) is 15.1. The minimum absolute atomic E-state index is 0.192. The molecule has 1 atom stereocenters. The van der Waals surface area contributed by atoms with Gasteiger partial charge in [-0.1, -0.05) is 23.5 Å². The van der Waals surface area contributed by atoms with Crippen LogP contribution in [0.15, 0.2) is 57.5 Å². The van der Waals surface area contributed by atoms with Gasteiger partial charge in [-0.05, 0) is 55.3 Å². The third kappa shape index (κ3) is 4.84. The number of rotatable bonds is 8. The summed E-state index contributed by atoms with van der Waals surface area (Å²) in [6, 6.07) is 9.94. The SMILES string of the molecule is CCOC(=O)C1=C(C)N=c2s/c(=C\c3ccc(OC)c(OC)c3)c(=O)n2[C@H]1c1ccc(OC)c(OC)c1. The topological polar surface area (TPSA) is 97.6 Å². The smallest absolute Gasteiger partial charge is 0.338 e. The molecule has 0 radical (unpaired) electrons. The lowest BCUT2D eigenvalue weighted by atomic mass is 9.95. The van der Waals surface area contributed by atoms with E-state index in [0.29, 0.717) is 49.2 Å². The van der Waals surface area contributed by atoms with Gasteiger partial charge in [0, 0.05) is 0 Å². The maximum Gasteiger partial charge on any atom is 0.338 e. The molecule has 3 aromatic rings. The van der Waals surface area contributed by atoms with E-state index in [4.69, 9.17) is 23.7 Å². The van der Waals surface area contributed by atoms with Gasteiger partial charge in [-0.25, -0.2) is 9.79 Å². The first-order chi connectivity index (χ1) is 17.9. The maximum atomic E-state index is 13.8. The van der Waals surface area contributed by atoms with E-state index < -0.39 is 12.0 Å². The molecule has 0 N–H and O–H groups in total. The van der Waals surface area contributed by atoms with E-state index in [1.165, 1.54) is 23.0 Å². The number of nitrogens with zero attached hydrogens (tertiary/aromatic N) is 2. The van der Waals surface area contributed by atoms with Gasteiger partial charge in [-0.3, -0.25) is 9.36 Å². The molecule has 4 rings (SSSR count). The van der Waals surface area contributed by atoms with E-state index in [2.05, 4.69) is 4.99 Å². The van der Waals surface area contributed by atoms with Gasteiger partial charge in [-0.2, -0.15) is 0 Å². The second-order valence-electron chi connectivity index (χ2n) is 8.03. The van der Waals surface area contributed by atoms with Crippen molar-refractivity contribution in [1.29, 1.82) is 0 Å². The van der Waals surface area contributed by atoms with Crippen LogP contribution in [0.1, 0.15) is 31.0 Å². The quantitative estimate of drug-likeness (QED) is 0.418. The van der Waals surface area contributed by atoms with Crippen LogP contribution in [0.3, 0.4) is 0 Å². The van der Waals surface area contributed by atoms with Gasteiger partial charge in [0.25, 0.3) is 5.56 Å². The van der Waals surface area contributed by atoms with Crippen LogP contribution in [-0.4, -0.2) is 45.6 Å². The fraction of sp³-hybridized carbons (Fsp3) is 0.296. The molecule has 2 heterocycles. The highest BCUT2D eigenvalue weighted by molar-refractivity contribution is 7.07. The second-order valence-corrected chi connectivity index (χ2v) is 9.04. The standard InChI is InChI=1S/C27H28N2O7S/c1-7-36-26(31)23-15(2)28-27-29(24(23)17-9-11-19(33-4)21(14-17)35-6)25(30)22(37-27)13-16-8-10-18(32-3)20(12-16)34-5/h8-14,24H,7H2,1-6H3/b22-13-/t24-/m0/s1. The Morgan fingerprint density at radius 3 is 2.22 bits per heavy atom. The molecule has 0 saturated heterocycles. The van der Waals surface area contributed by atoms with Gasteiger partial charge >= 0.3 is 5.97 Å². The average Bonchev–Trinajstić information content (AvgIpc) is 3.21. The van der Waals surface area contributed by atoms with E-state index in [9.17, 15) is 9.59 Å². The second kappa shape index (κ2) is 10.9. The molecule has 0 aliphatic carbocycles. The molecule has 0 fully saturated rings. The summed E-state index contributed by atoms with van der Waals surface area (Å²) in [5.41, 5.74) is 1.91. The molecule has 1 aliphatic rings. The van der Waals surface area contributed by atoms with Gasteiger partial charge < -0.3 is 23.7 Å². The van der Waals surface area contributed by atoms with E-state index >= 15 is 0 Å². The number of hydrogen-bond donors (Lipinski definition) is 0. The summed E-state index contributed by atoms with van der Waals surface area (Å²) in [6.45, 7) is 3.67. The summed E-state index contributed by atoms with van der Waals surface area (Å²) in [5, 5.41) is 0. The van der Waals surface area contributed by atoms with Gasteiger partial charge in [0.2, 0.25) is 0 Å². The molecule has 2 aromatic carbocycles. The third-order valence-electron chi connectivity index (χ3n) is 5.95. The zero-order valence-corrected chi connectivity index (χ0v) is 22.3. The summed E-state index contributed by atoms with van der Waals surface area (Å²) in [7, 11) is 6.19. The van der Waals surface area contributed by atoms with Gasteiger partial charge in [0.1, 0.15) is 0 Å². The van der Waals surface area contributed by atoms with Crippen molar-refractivity contribution in [2.75, 3.05) is 35.0 Å². The Bertz CT molecular complexity index is 1550. The molecule has 194 valence electrons. The Hall–Kier alpha value is -4.05. The van der Waals surface area contributed by atoms with Crippen LogP contribution in [0.5, 0.6) is 23.0 Å². The minimum atomic E-state index is -0.761. The Balaban J connectivity index is 1.95. The number of methoxy groups -OCH3 is 4. The molecule has 37 heavy (non-hydrogen) atoms. The number of aromatic nitrogens is 1. The predicted molar refractivity (Wildman–Crippen MR) is 139 cm³/mol. The van der Waals surface area contributed by atoms with E-state index in [-0.39, 0.29) is 12.2 Å². The van der Waals surface area contributed by atoms with Crippen molar-refractivity contribution in [3.05, 3.63) is 78.5 Å². The van der Waals surface area contributed by atoms with Crippen LogP contribution < -0.4 is 33.8 Å². The molecule has 9 nitrogen and oxygen atoms in total. The summed E-state index contributed by atoms with van der Waals surface area (Å²) < 4.78 is 28.9. The predicted octanol–water partition coefficient (Wildman–Crippen LogP) is 2.83. The largest absolute Gasteiger partial charge is 0.493 e. The maximum absolute atomic E-state index is 13.8. The summed E-state index contributed by atoms with van der Waals surface area (Å²) >= 11 is 1.24. The first kappa shape index (κ1) is 26.0. The Kier molecular flexibility index (Phi) is 7.68. The van der Waals surface area contributed by atoms with Crippen LogP contribution in [0, 0.1) is 0 Å². The molecule has 0 amide bonds. The van der Waals surface area contributed by atoms with Crippen LogP contribution >= 0.6 is 11.3 Å². The van der Waals surface area contributed by atoms with Crippen LogP contribution in [0.25, 0.3) is 6.08 Å². The van der Waals surface area contributed by atoms with Crippen molar-refractivity contribution in [3.63, 3.8) is 0 Å². The average molecular weight is 525 g/mol. The van der Waals surface area contributed by atoms with E-state index in [0.717, 1.165) is 5.56 Å². The van der Waals surface area contributed by atoms with Crippen molar-refractivity contribution >= 4 is 23.4 Å². The van der Waals surface area contributed by atoms with Gasteiger partial charge in [0.05, 0.1) is 56.9 Å². The number of carbonyl (C=O) groups is 1. The van der Waals surface area contributed by atoms with Crippen molar-refractivity contribution in [3.8, 4) is 23.0 Å². The number of thiazole rings is 1. The van der Waals surface area contributed by atoms with E-state index in [1.54, 1.807) is 71.6 Å². The highest BCUT2D eigenvalue weighted by atomic mass is 32.1. The number of fused-ring (bicyclic) bond motifs is 1. The number of benzene rings is 2. The lowest BCUT2D eigenvalue weighted by Gasteiger charge is -2.25. The van der Waals surface area contributed by atoms with Crippen molar-refractivity contribution < 1.29 is 28.5 Å². The van der Waals surface area contributed by atoms with E-state index in [1.807, 2.05) is 6.07 Å². The Morgan fingerprint density at radius 2 is 1.59 bits per heavy atom. The zero-order chi connectivity index (χ0) is 26.7. The Morgan fingerprint density at radius 1 is 0.973 bits per heavy atom. The molecule has 0 unspecified atom stereocenters. The number of esters is 1. The Labute approximate surface area is 217 Å². The van der Waals surface area contributed by atoms with Crippen LogP contribution in [0.2, 0.25) is 0 Å². The van der Waals surface area contributed by atoms with Crippen molar-refractivity contribution in [2.45, 2.75) is 19.9 Å². The first-order valence-electron chi connectivity index (χ1n) is 11.5. The lowest BCUT2D eigenvalue weighted by molar-refractivity contribution is -0.139. The van der Waals surface area contributed by atoms with Crippen molar-refractivity contribution in [2.24, 2.45) is 4.99 Å². The first-order valence-corrected chi connectivity index (χ1v) is 12.3. The molecule has 1 aromatic heterocycles.